The third-order valence-corrected chi connectivity index (χ3v) is 5.21. The predicted octanol–water partition coefficient (Wildman–Crippen LogP) is 4.50. The average molecular weight is 425 g/mol. The lowest BCUT2D eigenvalue weighted by Crippen LogP contribution is -2.26. The van der Waals surface area contributed by atoms with E-state index in [1.54, 1.807) is 18.2 Å². The van der Waals surface area contributed by atoms with Crippen LogP contribution in [0, 0.1) is 0 Å². The van der Waals surface area contributed by atoms with Gasteiger partial charge in [0.05, 0.1) is 24.1 Å². The van der Waals surface area contributed by atoms with E-state index in [1.807, 2.05) is 66.7 Å². The maximum absolute atomic E-state index is 12.9. The summed E-state index contributed by atoms with van der Waals surface area (Å²) < 4.78 is 4.84. The zero-order chi connectivity index (χ0) is 22.3. The Morgan fingerprint density at radius 3 is 2.38 bits per heavy atom. The first-order valence-corrected chi connectivity index (χ1v) is 10.3. The summed E-state index contributed by atoms with van der Waals surface area (Å²) in [5.74, 6) is -0.572. The number of hydrogen-bond acceptors (Lipinski definition) is 4. The van der Waals surface area contributed by atoms with Crippen molar-refractivity contribution in [2.24, 2.45) is 0 Å². The van der Waals surface area contributed by atoms with Gasteiger partial charge in [-0.2, -0.15) is 5.10 Å². The number of nitrogens with zero attached hydrogens (tertiary/aromatic N) is 1. The summed E-state index contributed by atoms with van der Waals surface area (Å²) in [5.41, 5.74) is 5.25. The first-order chi connectivity index (χ1) is 15.7. The van der Waals surface area contributed by atoms with E-state index in [0.717, 1.165) is 28.1 Å². The Morgan fingerprint density at radius 2 is 1.59 bits per heavy atom. The highest BCUT2D eigenvalue weighted by molar-refractivity contribution is 6.00. The highest BCUT2D eigenvalue weighted by Crippen LogP contribution is 2.26. The van der Waals surface area contributed by atoms with Gasteiger partial charge in [-0.05, 0) is 30.2 Å². The summed E-state index contributed by atoms with van der Waals surface area (Å²) in [6.07, 6.45) is 0.515. The number of esters is 1. The molecule has 3 aromatic carbocycles. The summed E-state index contributed by atoms with van der Waals surface area (Å²) in [5, 5.41) is 10.4. The first-order valence-electron chi connectivity index (χ1n) is 10.3. The zero-order valence-electron chi connectivity index (χ0n) is 17.7. The lowest BCUT2D eigenvalue weighted by atomic mass is 10.0. The van der Waals surface area contributed by atoms with Crippen LogP contribution in [0.4, 0.5) is 0 Å². The van der Waals surface area contributed by atoms with Crippen LogP contribution in [-0.2, 0) is 11.2 Å². The minimum Gasteiger partial charge on any atom is -0.465 e. The van der Waals surface area contributed by atoms with Crippen LogP contribution in [0.15, 0.2) is 84.9 Å². The molecule has 0 aliphatic rings. The number of hydrogen-bond donors (Lipinski definition) is 2. The van der Waals surface area contributed by atoms with Gasteiger partial charge in [0.25, 0.3) is 5.91 Å². The first kappa shape index (κ1) is 21.1. The van der Waals surface area contributed by atoms with E-state index in [2.05, 4.69) is 15.5 Å². The molecule has 0 spiro atoms. The SMILES string of the molecule is COC(=O)c1ccccc1CCNC(=O)c1ccccc1-c1cc(-c2ccccc2)n[nH]1. The average Bonchev–Trinajstić information content (AvgIpc) is 3.34. The van der Waals surface area contributed by atoms with E-state index in [1.165, 1.54) is 7.11 Å². The number of carbonyl (C=O) groups excluding carboxylic acids is 2. The van der Waals surface area contributed by atoms with E-state index in [4.69, 9.17) is 4.74 Å². The van der Waals surface area contributed by atoms with Crippen molar-refractivity contribution in [1.82, 2.24) is 15.5 Å². The van der Waals surface area contributed by atoms with Crippen molar-refractivity contribution >= 4 is 11.9 Å². The Bertz CT molecular complexity index is 1230. The molecule has 2 N–H and O–H groups in total. The molecule has 6 heteroatoms. The molecule has 6 nitrogen and oxygen atoms in total. The summed E-state index contributed by atoms with van der Waals surface area (Å²) in [4.78, 5) is 24.9. The molecule has 1 aromatic heterocycles. The van der Waals surface area contributed by atoms with E-state index in [-0.39, 0.29) is 11.9 Å². The summed E-state index contributed by atoms with van der Waals surface area (Å²) >= 11 is 0. The minimum absolute atomic E-state index is 0.188. The van der Waals surface area contributed by atoms with Gasteiger partial charge in [0, 0.05) is 23.2 Å². The lowest BCUT2D eigenvalue weighted by Gasteiger charge is -2.11. The summed E-state index contributed by atoms with van der Waals surface area (Å²) in [7, 11) is 1.36. The smallest absolute Gasteiger partial charge is 0.338 e. The van der Waals surface area contributed by atoms with Crippen LogP contribution in [0.2, 0.25) is 0 Å². The summed E-state index contributed by atoms with van der Waals surface area (Å²) in [6.45, 7) is 0.388. The van der Waals surface area contributed by atoms with Gasteiger partial charge in [0.2, 0.25) is 0 Å². The molecule has 0 radical (unpaired) electrons. The molecule has 0 saturated heterocycles. The van der Waals surface area contributed by atoms with Crippen molar-refractivity contribution in [2.45, 2.75) is 6.42 Å². The molecule has 0 unspecified atom stereocenters. The number of nitrogens with one attached hydrogen (secondary N) is 2. The third kappa shape index (κ3) is 4.59. The summed E-state index contributed by atoms with van der Waals surface area (Å²) in [6, 6.07) is 26.4. The second-order valence-corrected chi connectivity index (χ2v) is 7.23. The van der Waals surface area contributed by atoms with Gasteiger partial charge in [0.1, 0.15) is 0 Å². The molecule has 0 bridgehead atoms. The van der Waals surface area contributed by atoms with Crippen LogP contribution >= 0.6 is 0 Å². The molecule has 4 aromatic rings. The maximum Gasteiger partial charge on any atom is 0.338 e. The van der Waals surface area contributed by atoms with Gasteiger partial charge >= 0.3 is 5.97 Å². The van der Waals surface area contributed by atoms with Crippen LogP contribution in [0.25, 0.3) is 22.5 Å². The minimum atomic E-state index is -0.384. The highest BCUT2D eigenvalue weighted by atomic mass is 16.5. The Kier molecular flexibility index (Phi) is 6.41. The molecule has 0 aliphatic heterocycles. The maximum atomic E-state index is 12.9. The van der Waals surface area contributed by atoms with Crippen LogP contribution in [0.1, 0.15) is 26.3 Å². The molecule has 0 atom stereocenters. The van der Waals surface area contributed by atoms with Crippen LogP contribution < -0.4 is 5.32 Å². The third-order valence-electron chi connectivity index (χ3n) is 5.21. The number of benzene rings is 3. The van der Waals surface area contributed by atoms with Crippen LogP contribution in [-0.4, -0.2) is 35.7 Å². The van der Waals surface area contributed by atoms with Crippen molar-refractivity contribution in [1.29, 1.82) is 0 Å². The Labute approximate surface area is 186 Å². The number of aromatic amines is 1. The van der Waals surface area contributed by atoms with Crippen LogP contribution in [0.5, 0.6) is 0 Å². The number of rotatable bonds is 7. The van der Waals surface area contributed by atoms with Gasteiger partial charge in [-0.25, -0.2) is 4.79 Å². The van der Waals surface area contributed by atoms with Crippen LogP contribution in [0.3, 0.4) is 0 Å². The van der Waals surface area contributed by atoms with E-state index >= 15 is 0 Å². The molecule has 0 fully saturated rings. The molecule has 0 saturated carbocycles. The fourth-order valence-corrected chi connectivity index (χ4v) is 3.59. The van der Waals surface area contributed by atoms with Crippen molar-refractivity contribution < 1.29 is 14.3 Å². The quantitative estimate of drug-likeness (QED) is 0.427. The largest absolute Gasteiger partial charge is 0.465 e. The molecule has 4 rings (SSSR count). The lowest BCUT2D eigenvalue weighted by molar-refractivity contribution is 0.0599. The van der Waals surface area contributed by atoms with Crippen molar-refractivity contribution in [3.63, 3.8) is 0 Å². The van der Waals surface area contributed by atoms with E-state index in [0.29, 0.717) is 24.1 Å². The Balaban J connectivity index is 1.48. The zero-order valence-corrected chi connectivity index (χ0v) is 17.7. The number of H-pyrrole nitrogens is 1. The van der Waals surface area contributed by atoms with Gasteiger partial charge in [0.15, 0.2) is 0 Å². The van der Waals surface area contributed by atoms with Crippen molar-refractivity contribution in [3.8, 4) is 22.5 Å². The molecule has 0 aliphatic carbocycles. The fourth-order valence-electron chi connectivity index (χ4n) is 3.59. The van der Waals surface area contributed by atoms with E-state index in [9.17, 15) is 9.59 Å². The highest BCUT2D eigenvalue weighted by Gasteiger charge is 2.15. The van der Waals surface area contributed by atoms with E-state index < -0.39 is 0 Å². The fraction of sp³-hybridized carbons (Fsp3) is 0.115. The van der Waals surface area contributed by atoms with Gasteiger partial charge in [-0.15, -0.1) is 0 Å². The molecule has 1 heterocycles. The Morgan fingerprint density at radius 1 is 0.906 bits per heavy atom. The molecule has 32 heavy (non-hydrogen) atoms. The number of carbonyl (C=O) groups is 2. The molecular weight excluding hydrogens is 402 g/mol. The van der Waals surface area contributed by atoms with Crippen molar-refractivity contribution in [3.05, 3.63) is 102 Å². The van der Waals surface area contributed by atoms with Crippen molar-refractivity contribution in [2.75, 3.05) is 13.7 Å². The second kappa shape index (κ2) is 9.75. The van der Waals surface area contributed by atoms with Gasteiger partial charge in [-0.3, -0.25) is 9.89 Å². The van der Waals surface area contributed by atoms with Gasteiger partial charge in [-0.1, -0.05) is 66.7 Å². The molecule has 1 amide bonds. The topological polar surface area (TPSA) is 84.1 Å². The number of aromatic nitrogens is 2. The monoisotopic (exact) mass is 425 g/mol. The Hall–Kier alpha value is -4.19. The second-order valence-electron chi connectivity index (χ2n) is 7.23. The standard InChI is InChI=1S/C26H23N3O3/c1-32-26(31)20-12-6-5-9-18(20)15-16-27-25(30)22-14-8-7-13-21(22)24-17-23(28-29-24)19-10-3-2-4-11-19/h2-14,17H,15-16H2,1H3,(H,27,30)(H,28,29). The normalized spacial score (nSPS) is 10.5. The molecular formula is C26H23N3O3. The predicted molar refractivity (Wildman–Crippen MR) is 123 cm³/mol. The number of ether oxygens (including phenoxy) is 1. The molecule has 160 valence electrons. The number of amides is 1. The number of methoxy groups -OCH3 is 1. The van der Waals surface area contributed by atoms with Gasteiger partial charge < -0.3 is 10.1 Å².